The first-order valence-electron chi connectivity index (χ1n) is 11.6. The summed E-state index contributed by atoms with van der Waals surface area (Å²) in [5.41, 5.74) is 8.29. The Morgan fingerprint density at radius 1 is 0.706 bits per heavy atom. The zero-order valence-corrected chi connectivity index (χ0v) is 18.7. The smallest absolute Gasteiger partial charge is 0.256 e. The maximum absolute atomic E-state index is 13.7. The molecule has 4 heteroatoms. The van der Waals surface area contributed by atoms with E-state index in [9.17, 15) is 9.59 Å². The quantitative estimate of drug-likeness (QED) is 0.400. The second-order valence-corrected chi connectivity index (χ2v) is 9.00. The van der Waals surface area contributed by atoms with Crippen LogP contribution in [0, 0.1) is 0 Å². The van der Waals surface area contributed by atoms with Crippen molar-refractivity contribution in [3.8, 4) is 11.1 Å². The van der Waals surface area contributed by atoms with E-state index >= 15 is 0 Å². The number of hydrogen-bond acceptors (Lipinski definition) is 2. The first kappa shape index (κ1) is 20.4. The second-order valence-electron chi connectivity index (χ2n) is 9.00. The number of benzene rings is 4. The number of rotatable bonds is 4. The minimum absolute atomic E-state index is 0.126. The van der Waals surface area contributed by atoms with Crippen LogP contribution in [0.15, 0.2) is 97.1 Å². The molecule has 0 spiro atoms. The molecule has 1 N–H and O–H groups in total. The molecule has 4 nitrogen and oxygen atoms in total. The van der Waals surface area contributed by atoms with Crippen molar-refractivity contribution in [3.63, 3.8) is 0 Å². The van der Waals surface area contributed by atoms with Gasteiger partial charge in [-0.15, -0.1) is 0 Å². The predicted octanol–water partition coefficient (Wildman–Crippen LogP) is 5.46. The summed E-state index contributed by atoms with van der Waals surface area (Å²) in [4.78, 5) is 28.8. The summed E-state index contributed by atoms with van der Waals surface area (Å²) >= 11 is 0. The number of carbonyl (C=O) groups excluding carboxylic acids is 2. The van der Waals surface area contributed by atoms with E-state index in [4.69, 9.17) is 0 Å². The fourth-order valence-corrected chi connectivity index (χ4v) is 5.15. The van der Waals surface area contributed by atoms with E-state index in [-0.39, 0.29) is 11.8 Å². The van der Waals surface area contributed by atoms with Crippen molar-refractivity contribution in [1.29, 1.82) is 0 Å². The Balaban J connectivity index is 1.37. The number of nitrogens with zero attached hydrogens (tertiary/aromatic N) is 1. The van der Waals surface area contributed by atoms with Gasteiger partial charge in [0.2, 0.25) is 5.91 Å². The maximum atomic E-state index is 13.7. The molecule has 1 aliphatic heterocycles. The SMILES string of the molecule is O=C1Nc2ccccc2C(=O)N(Cc2ccc3c(c2)Cc2ccccc2-3)C1Cc1ccccc1. The highest BCUT2D eigenvalue weighted by atomic mass is 16.2. The zero-order chi connectivity index (χ0) is 23.1. The van der Waals surface area contributed by atoms with Gasteiger partial charge >= 0.3 is 0 Å². The molecule has 1 heterocycles. The third kappa shape index (κ3) is 3.57. The molecule has 0 fully saturated rings. The summed E-state index contributed by atoms with van der Waals surface area (Å²) in [7, 11) is 0. The Morgan fingerprint density at radius 3 is 2.26 bits per heavy atom. The highest BCUT2D eigenvalue weighted by Crippen LogP contribution is 2.37. The van der Waals surface area contributed by atoms with Crippen LogP contribution < -0.4 is 5.32 Å². The molecule has 0 bridgehead atoms. The lowest BCUT2D eigenvalue weighted by molar-refractivity contribution is -0.120. The number of anilines is 1. The van der Waals surface area contributed by atoms with Crippen LogP contribution >= 0.6 is 0 Å². The van der Waals surface area contributed by atoms with Crippen molar-refractivity contribution in [1.82, 2.24) is 4.90 Å². The molecule has 6 rings (SSSR count). The van der Waals surface area contributed by atoms with E-state index in [1.54, 1.807) is 17.0 Å². The summed E-state index contributed by atoms with van der Waals surface area (Å²) in [5, 5.41) is 2.99. The van der Waals surface area contributed by atoms with Crippen molar-refractivity contribution < 1.29 is 9.59 Å². The first-order chi connectivity index (χ1) is 16.7. The first-order valence-corrected chi connectivity index (χ1v) is 11.6. The molecule has 0 radical (unpaired) electrons. The molecule has 166 valence electrons. The molecule has 2 amide bonds. The van der Waals surface area contributed by atoms with Crippen LogP contribution in [0.4, 0.5) is 5.69 Å². The van der Waals surface area contributed by atoms with Crippen molar-refractivity contribution >= 4 is 17.5 Å². The maximum Gasteiger partial charge on any atom is 0.256 e. The van der Waals surface area contributed by atoms with E-state index in [1.807, 2.05) is 42.5 Å². The van der Waals surface area contributed by atoms with Gasteiger partial charge in [0, 0.05) is 13.0 Å². The molecule has 4 aromatic rings. The summed E-state index contributed by atoms with van der Waals surface area (Å²) in [5.74, 6) is -0.283. The summed E-state index contributed by atoms with van der Waals surface area (Å²) in [6.45, 7) is 0.377. The van der Waals surface area contributed by atoms with Gasteiger partial charge in [0.1, 0.15) is 6.04 Å². The molecule has 0 saturated carbocycles. The van der Waals surface area contributed by atoms with Crippen molar-refractivity contribution in [2.75, 3.05) is 5.32 Å². The van der Waals surface area contributed by atoms with Crippen molar-refractivity contribution in [3.05, 3.63) is 125 Å². The van der Waals surface area contributed by atoms with Crippen LogP contribution in [-0.4, -0.2) is 22.8 Å². The Labute approximate surface area is 198 Å². The summed E-state index contributed by atoms with van der Waals surface area (Å²) in [6, 6.07) is 31.4. The molecule has 1 atom stereocenters. The largest absolute Gasteiger partial charge is 0.324 e. The topological polar surface area (TPSA) is 49.4 Å². The molecule has 0 saturated heterocycles. The third-order valence-corrected chi connectivity index (χ3v) is 6.84. The van der Waals surface area contributed by atoms with Crippen LogP contribution in [0.2, 0.25) is 0 Å². The number of fused-ring (bicyclic) bond motifs is 4. The molecule has 34 heavy (non-hydrogen) atoms. The van der Waals surface area contributed by atoms with E-state index in [0.717, 1.165) is 17.5 Å². The van der Waals surface area contributed by atoms with Crippen LogP contribution in [0.3, 0.4) is 0 Å². The van der Waals surface area contributed by atoms with Gasteiger partial charge in [-0.25, -0.2) is 0 Å². The fourth-order valence-electron chi connectivity index (χ4n) is 5.15. The Kier molecular flexibility index (Phi) is 4.99. The average molecular weight is 445 g/mol. The predicted molar refractivity (Wildman–Crippen MR) is 134 cm³/mol. The lowest BCUT2D eigenvalue weighted by Gasteiger charge is -2.29. The number of carbonyl (C=O) groups is 2. The van der Waals surface area contributed by atoms with Gasteiger partial charge in [-0.2, -0.15) is 0 Å². The minimum atomic E-state index is -0.604. The van der Waals surface area contributed by atoms with Crippen LogP contribution in [0.1, 0.15) is 32.6 Å². The Hall–Kier alpha value is -4.18. The average Bonchev–Trinajstić information content (AvgIpc) is 3.20. The normalized spacial score (nSPS) is 16.4. The fraction of sp³-hybridized carbons (Fsp3) is 0.133. The molecular formula is C30H24N2O2. The summed E-state index contributed by atoms with van der Waals surface area (Å²) in [6.07, 6.45) is 1.35. The van der Waals surface area contributed by atoms with E-state index < -0.39 is 6.04 Å². The van der Waals surface area contributed by atoms with Crippen molar-refractivity contribution in [2.45, 2.75) is 25.4 Å². The molecule has 0 aromatic heterocycles. The highest BCUT2D eigenvalue weighted by Gasteiger charge is 2.35. The van der Waals surface area contributed by atoms with E-state index in [0.29, 0.717) is 24.2 Å². The van der Waals surface area contributed by atoms with Gasteiger partial charge in [-0.1, -0.05) is 84.9 Å². The Bertz CT molecular complexity index is 1410. The van der Waals surface area contributed by atoms with Gasteiger partial charge in [0.05, 0.1) is 11.3 Å². The van der Waals surface area contributed by atoms with Gasteiger partial charge < -0.3 is 10.2 Å². The zero-order valence-electron chi connectivity index (χ0n) is 18.7. The molecule has 1 aliphatic carbocycles. The highest BCUT2D eigenvalue weighted by molar-refractivity contribution is 6.09. The molecular weight excluding hydrogens is 420 g/mol. The van der Waals surface area contributed by atoms with Crippen LogP contribution in [0.25, 0.3) is 11.1 Å². The number of amides is 2. The number of hydrogen-bond donors (Lipinski definition) is 1. The van der Waals surface area contributed by atoms with E-state index in [1.165, 1.54) is 22.3 Å². The van der Waals surface area contributed by atoms with Crippen LogP contribution in [0.5, 0.6) is 0 Å². The Morgan fingerprint density at radius 2 is 1.41 bits per heavy atom. The monoisotopic (exact) mass is 444 g/mol. The van der Waals surface area contributed by atoms with E-state index in [2.05, 4.69) is 47.8 Å². The van der Waals surface area contributed by atoms with Crippen molar-refractivity contribution in [2.24, 2.45) is 0 Å². The number of para-hydroxylation sites is 1. The molecule has 4 aromatic carbocycles. The lowest BCUT2D eigenvalue weighted by atomic mass is 10.0. The minimum Gasteiger partial charge on any atom is -0.324 e. The summed E-state index contributed by atoms with van der Waals surface area (Å²) < 4.78 is 0. The van der Waals surface area contributed by atoms with Gasteiger partial charge in [0.15, 0.2) is 0 Å². The number of nitrogens with one attached hydrogen (secondary N) is 1. The van der Waals surface area contributed by atoms with Gasteiger partial charge in [-0.05, 0) is 51.9 Å². The van der Waals surface area contributed by atoms with Gasteiger partial charge in [0.25, 0.3) is 5.91 Å². The standard InChI is InChI=1S/C30H24N2O2/c33-29-28(17-20-8-2-1-3-9-20)32(30(34)26-12-6-7-13-27(26)31-29)19-21-14-15-25-23(16-21)18-22-10-4-5-11-24(22)25/h1-16,28H,17-19H2,(H,31,33). The third-order valence-electron chi connectivity index (χ3n) is 6.84. The van der Waals surface area contributed by atoms with Crippen LogP contribution in [-0.2, 0) is 24.2 Å². The van der Waals surface area contributed by atoms with Gasteiger partial charge in [-0.3, -0.25) is 9.59 Å². The lowest BCUT2D eigenvalue weighted by Crippen LogP contribution is -2.46. The molecule has 1 unspecified atom stereocenters. The molecule has 2 aliphatic rings. The second kappa shape index (κ2) is 8.31.